The molecule has 0 aromatic carbocycles. The van der Waals surface area contributed by atoms with Gasteiger partial charge >= 0.3 is 5.97 Å². The maximum absolute atomic E-state index is 11.8. The largest absolute Gasteiger partial charge is 0.480 e. The summed E-state index contributed by atoms with van der Waals surface area (Å²) in [6.45, 7) is 0.559. The molecule has 0 spiro atoms. The molecule has 2 aliphatic rings. The van der Waals surface area contributed by atoms with Crippen molar-refractivity contribution in [3.8, 4) is 0 Å². The van der Waals surface area contributed by atoms with E-state index < -0.39 is 5.97 Å². The van der Waals surface area contributed by atoms with Crippen molar-refractivity contribution in [2.75, 3.05) is 26.3 Å². The molecule has 2 amide bonds. The molecule has 7 nitrogen and oxygen atoms in total. The van der Waals surface area contributed by atoms with Gasteiger partial charge in [0.25, 0.3) is 0 Å². The lowest BCUT2D eigenvalue weighted by Gasteiger charge is -2.15. The zero-order valence-electron chi connectivity index (χ0n) is 10.6. The minimum atomic E-state index is -1.03. The van der Waals surface area contributed by atoms with Crippen molar-refractivity contribution in [2.45, 2.75) is 25.3 Å². The van der Waals surface area contributed by atoms with Crippen LogP contribution in [0.15, 0.2) is 0 Å². The summed E-state index contributed by atoms with van der Waals surface area (Å²) in [4.78, 5) is 35.5. The second-order valence-corrected chi connectivity index (χ2v) is 4.92. The minimum Gasteiger partial charge on any atom is -0.480 e. The molecule has 0 radical (unpaired) electrons. The van der Waals surface area contributed by atoms with E-state index in [2.05, 4.69) is 5.32 Å². The number of ether oxygens (including phenoxy) is 1. The van der Waals surface area contributed by atoms with Crippen LogP contribution >= 0.6 is 0 Å². The number of nitrogens with one attached hydrogen (secondary N) is 1. The topological polar surface area (TPSA) is 95.9 Å². The van der Waals surface area contributed by atoms with Crippen LogP contribution in [0.3, 0.4) is 0 Å². The number of likely N-dealkylation sites (tertiary alicyclic amines) is 1. The third-order valence-corrected chi connectivity index (χ3v) is 3.29. The lowest BCUT2D eigenvalue weighted by atomic mass is 10.1. The summed E-state index contributed by atoms with van der Waals surface area (Å²) >= 11 is 0. The Morgan fingerprint density at radius 1 is 1.42 bits per heavy atom. The number of rotatable bonds is 7. The van der Waals surface area contributed by atoms with Crippen LogP contribution in [0.25, 0.3) is 0 Å². The molecule has 1 unspecified atom stereocenters. The first-order valence-electron chi connectivity index (χ1n) is 6.44. The van der Waals surface area contributed by atoms with E-state index in [9.17, 15) is 14.4 Å². The molecule has 7 heteroatoms. The summed E-state index contributed by atoms with van der Waals surface area (Å²) in [5.41, 5.74) is 0. The van der Waals surface area contributed by atoms with Gasteiger partial charge in [0.2, 0.25) is 11.8 Å². The van der Waals surface area contributed by atoms with E-state index >= 15 is 0 Å². The molecule has 1 aliphatic carbocycles. The summed E-state index contributed by atoms with van der Waals surface area (Å²) in [6, 6.07) is 0.351. The lowest BCUT2D eigenvalue weighted by Crippen LogP contribution is -2.35. The van der Waals surface area contributed by atoms with E-state index in [4.69, 9.17) is 9.84 Å². The molecule has 2 rings (SSSR count). The van der Waals surface area contributed by atoms with Crippen LogP contribution < -0.4 is 5.32 Å². The number of amides is 2. The van der Waals surface area contributed by atoms with Crippen molar-refractivity contribution < 1.29 is 24.2 Å². The fraction of sp³-hybridized carbons (Fsp3) is 0.750. The first-order valence-corrected chi connectivity index (χ1v) is 6.44. The summed E-state index contributed by atoms with van der Waals surface area (Å²) in [5, 5.41) is 11.0. The number of hydrogen-bond donors (Lipinski definition) is 2. The van der Waals surface area contributed by atoms with E-state index in [0.29, 0.717) is 12.6 Å². The molecule has 1 aliphatic heterocycles. The molecule has 2 N–H and O–H groups in total. The minimum absolute atomic E-state index is 0.0600. The van der Waals surface area contributed by atoms with E-state index in [1.165, 1.54) is 0 Å². The molecule has 106 valence electrons. The van der Waals surface area contributed by atoms with E-state index in [0.717, 1.165) is 12.8 Å². The van der Waals surface area contributed by atoms with Crippen LogP contribution in [-0.2, 0) is 19.1 Å². The molecular weight excluding hydrogens is 252 g/mol. The molecule has 2 fully saturated rings. The highest BCUT2D eigenvalue weighted by molar-refractivity contribution is 5.89. The van der Waals surface area contributed by atoms with Crippen molar-refractivity contribution in [1.29, 1.82) is 0 Å². The molecule has 0 aromatic heterocycles. The SMILES string of the molecule is O=C(O)COCCNC(=O)C1CC(=O)N(C2CC2)C1. The Hall–Kier alpha value is -1.63. The Morgan fingerprint density at radius 2 is 2.16 bits per heavy atom. The average molecular weight is 270 g/mol. The Labute approximate surface area is 110 Å². The normalized spacial score (nSPS) is 22.6. The van der Waals surface area contributed by atoms with Gasteiger partial charge in [-0.3, -0.25) is 9.59 Å². The Bertz CT molecular complexity index is 380. The monoisotopic (exact) mass is 270 g/mol. The van der Waals surface area contributed by atoms with Crippen LogP contribution in [0.5, 0.6) is 0 Å². The van der Waals surface area contributed by atoms with Crippen molar-refractivity contribution >= 4 is 17.8 Å². The van der Waals surface area contributed by atoms with Crippen LogP contribution in [0.1, 0.15) is 19.3 Å². The number of carbonyl (C=O) groups is 3. The summed E-state index contributed by atoms with van der Waals surface area (Å²) in [5.74, 6) is -1.42. The van der Waals surface area contributed by atoms with Gasteiger partial charge in [0, 0.05) is 25.6 Å². The van der Waals surface area contributed by atoms with Crippen molar-refractivity contribution in [2.24, 2.45) is 5.92 Å². The third-order valence-electron chi connectivity index (χ3n) is 3.29. The number of nitrogens with zero attached hydrogens (tertiary/aromatic N) is 1. The van der Waals surface area contributed by atoms with Gasteiger partial charge in [-0.1, -0.05) is 0 Å². The van der Waals surface area contributed by atoms with Crippen LogP contribution in [0.2, 0.25) is 0 Å². The molecular formula is C12H18N2O5. The second kappa shape index (κ2) is 6.01. The Kier molecular flexibility index (Phi) is 4.36. The van der Waals surface area contributed by atoms with Gasteiger partial charge in [-0.05, 0) is 12.8 Å². The summed E-state index contributed by atoms with van der Waals surface area (Å²) < 4.78 is 4.81. The summed E-state index contributed by atoms with van der Waals surface area (Å²) in [7, 11) is 0. The fourth-order valence-corrected chi connectivity index (χ4v) is 2.20. The number of carboxylic acid groups (broad SMARTS) is 1. The molecule has 0 bridgehead atoms. The highest BCUT2D eigenvalue weighted by atomic mass is 16.5. The maximum Gasteiger partial charge on any atom is 0.329 e. The van der Waals surface area contributed by atoms with Crippen LogP contribution in [0.4, 0.5) is 0 Å². The second-order valence-electron chi connectivity index (χ2n) is 4.92. The quantitative estimate of drug-likeness (QED) is 0.591. The average Bonchev–Trinajstić information content (AvgIpc) is 3.11. The van der Waals surface area contributed by atoms with Gasteiger partial charge in [-0.2, -0.15) is 0 Å². The van der Waals surface area contributed by atoms with Gasteiger partial charge < -0.3 is 20.1 Å². The predicted molar refractivity (Wildman–Crippen MR) is 64.3 cm³/mol. The zero-order chi connectivity index (χ0) is 13.8. The van der Waals surface area contributed by atoms with E-state index in [1.807, 2.05) is 0 Å². The first kappa shape index (κ1) is 13.8. The first-order chi connectivity index (χ1) is 9.08. The Balaban J connectivity index is 1.63. The Morgan fingerprint density at radius 3 is 2.79 bits per heavy atom. The maximum atomic E-state index is 11.8. The van der Waals surface area contributed by atoms with Crippen molar-refractivity contribution in [1.82, 2.24) is 10.2 Å². The highest BCUT2D eigenvalue weighted by Gasteiger charge is 2.41. The molecule has 1 saturated heterocycles. The summed E-state index contributed by atoms with van der Waals surface area (Å²) in [6.07, 6.45) is 2.37. The molecule has 19 heavy (non-hydrogen) atoms. The van der Waals surface area contributed by atoms with Gasteiger partial charge in [0.05, 0.1) is 12.5 Å². The molecule has 1 atom stereocenters. The smallest absolute Gasteiger partial charge is 0.329 e. The molecule has 0 aromatic rings. The van der Waals surface area contributed by atoms with Crippen molar-refractivity contribution in [3.63, 3.8) is 0 Å². The third kappa shape index (κ3) is 3.92. The van der Waals surface area contributed by atoms with Crippen LogP contribution in [-0.4, -0.2) is 60.1 Å². The number of carbonyl (C=O) groups excluding carboxylic acids is 2. The van der Waals surface area contributed by atoms with Gasteiger partial charge in [0.1, 0.15) is 6.61 Å². The van der Waals surface area contributed by atoms with Crippen molar-refractivity contribution in [3.05, 3.63) is 0 Å². The molecule has 1 heterocycles. The lowest BCUT2D eigenvalue weighted by molar-refractivity contribution is -0.142. The van der Waals surface area contributed by atoms with Gasteiger partial charge in [0.15, 0.2) is 0 Å². The van der Waals surface area contributed by atoms with E-state index in [-0.39, 0.29) is 43.9 Å². The van der Waals surface area contributed by atoms with Crippen LogP contribution in [0, 0.1) is 5.92 Å². The van der Waals surface area contributed by atoms with Gasteiger partial charge in [-0.15, -0.1) is 0 Å². The number of aliphatic carboxylic acids is 1. The fourth-order valence-electron chi connectivity index (χ4n) is 2.20. The highest BCUT2D eigenvalue weighted by Crippen LogP contribution is 2.32. The number of hydrogen-bond acceptors (Lipinski definition) is 4. The standard InChI is InChI=1S/C12H18N2O5/c15-10-5-8(6-14(10)9-1-2-9)12(18)13-3-4-19-7-11(16)17/h8-9H,1-7H2,(H,13,18)(H,16,17). The zero-order valence-corrected chi connectivity index (χ0v) is 10.6. The van der Waals surface area contributed by atoms with E-state index in [1.54, 1.807) is 4.90 Å². The molecule has 1 saturated carbocycles. The van der Waals surface area contributed by atoms with Gasteiger partial charge in [-0.25, -0.2) is 4.79 Å². The predicted octanol–water partition coefficient (Wildman–Crippen LogP) is -0.785. The number of carboxylic acids is 1.